The second-order valence-corrected chi connectivity index (χ2v) is 6.53. The lowest BCUT2D eigenvalue weighted by molar-refractivity contribution is -0.274. The molecular formula is C17H14BrF6NO2. The summed E-state index contributed by atoms with van der Waals surface area (Å²) in [6, 6.07) is 11.3. The van der Waals surface area contributed by atoms with Crippen LogP contribution in [0.25, 0.3) is 0 Å². The van der Waals surface area contributed by atoms with Gasteiger partial charge in [0.25, 0.3) is 0 Å². The third-order valence-corrected chi connectivity index (χ3v) is 3.94. The molecule has 0 saturated heterocycles. The maximum Gasteiger partial charge on any atom is 0.573 e. The Kier molecular flexibility index (Phi) is 6.63. The van der Waals surface area contributed by atoms with Crippen molar-refractivity contribution >= 4 is 21.6 Å². The van der Waals surface area contributed by atoms with Gasteiger partial charge in [0.15, 0.2) is 6.10 Å². The van der Waals surface area contributed by atoms with E-state index < -0.39 is 30.9 Å². The quantitative estimate of drug-likeness (QED) is 0.599. The maximum absolute atomic E-state index is 12.8. The highest BCUT2D eigenvalue weighted by Crippen LogP contribution is 2.28. The average molecular weight is 458 g/mol. The van der Waals surface area contributed by atoms with Gasteiger partial charge in [0, 0.05) is 16.7 Å². The van der Waals surface area contributed by atoms with Gasteiger partial charge in [0.05, 0.1) is 6.54 Å². The first-order chi connectivity index (χ1) is 12.4. The van der Waals surface area contributed by atoms with Crippen molar-refractivity contribution in [3.63, 3.8) is 0 Å². The lowest BCUT2D eigenvalue weighted by Gasteiger charge is -2.28. The van der Waals surface area contributed by atoms with Gasteiger partial charge in [-0.2, -0.15) is 13.2 Å². The molecule has 0 radical (unpaired) electrons. The predicted molar refractivity (Wildman–Crippen MR) is 90.4 cm³/mol. The molecule has 1 unspecified atom stereocenters. The molecule has 0 saturated carbocycles. The number of benzene rings is 2. The lowest BCUT2D eigenvalue weighted by atomic mass is 10.1. The number of alkyl halides is 6. The summed E-state index contributed by atoms with van der Waals surface area (Å²) in [5.74, 6) is -0.481. The van der Waals surface area contributed by atoms with Crippen LogP contribution in [0.3, 0.4) is 0 Å². The molecule has 27 heavy (non-hydrogen) atoms. The molecule has 1 N–H and O–H groups in total. The van der Waals surface area contributed by atoms with Crippen LogP contribution in [0.4, 0.5) is 32.0 Å². The van der Waals surface area contributed by atoms with Gasteiger partial charge in [-0.05, 0) is 35.9 Å². The van der Waals surface area contributed by atoms with Gasteiger partial charge in [-0.25, -0.2) is 0 Å². The fourth-order valence-electron chi connectivity index (χ4n) is 2.31. The molecule has 2 rings (SSSR count). The van der Waals surface area contributed by atoms with E-state index in [1.165, 1.54) is 23.1 Å². The monoisotopic (exact) mass is 457 g/mol. The van der Waals surface area contributed by atoms with E-state index in [4.69, 9.17) is 0 Å². The summed E-state index contributed by atoms with van der Waals surface area (Å²) in [5.41, 5.74) is 0.640. The van der Waals surface area contributed by atoms with Crippen molar-refractivity contribution in [3.05, 3.63) is 58.6 Å². The van der Waals surface area contributed by atoms with E-state index >= 15 is 0 Å². The Bertz CT molecular complexity index is 766. The molecule has 0 spiro atoms. The Hall–Kier alpha value is -1.94. The number of aliphatic hydroxyl groups is 1. The highest BCUT2D eigenvalue weighted by atomic mass is 79.9. The highest BCUT2D eigenvalue weighted by Gasteiger charge is 2.39. The first-order valence-corrected chi connectivity index (χ1v) is 8.33. The van der Waals surface area contributed by atoms with Crippen LogP contribution < -0.4 is 9.64 Å². The molecule has 0 aliphatic carbocycles. The van der Waals surface area contributed by atoms with Crippen molar-refractivity contribution in [1.82, 2.24) is 0 Å². The Morgan fingerprint density at radius 2 is 1.67 bits per heavy atom. The molecule has 0 heterocycles. The minimum absolute atomic E-state index is 0.168. The second kappa shape index (κ2) is 8.39. The van der Waals surface area contributed by atoms with E-state index in [1.807, 2.05) is 0 Å². The van der Waals surface area contributed by atoms with Crippen molar-refractivity contribution in [2.75, 3.05) is 11.4 Å². The van der Waals surface area contributed by atoms with Crippen molar-refractivity contribution in [1.29, 1.82) is 0 Å². The summed E-state index contributed by atoms with van der Waals surface area (Å²) >= 11 is 3.21. The largest absolute Gasteiger partial charge is 0.573 e. The molecule has 10 heteroatoms. The maximum atomic E-state index is 12.8. The molecule has 0 amide bonds. The summed E-state index contributed by atoms with van der Waals surface area (Å²) in [6.07, 6.45) is -12.3. The molecule has 2 aromatic carbocycles. The number of nitrogens with zero attached hydrogens (tertiary/aromatic N) is 1. The van der Waals surface area contributed by atoms with Gasteiger partial charge in [-0.15, -0.1) is 13.2 Å². The Morgan fingerprint density at radius 1 is 1.00 bits per heavy atom. The first kappa shape index (κ1) is 21.4. The fourth-order valence-corrected chi connectivity index (χ4v) is 2.69. The zero-order chi connectivity index (χ0) is 20.2. The standard InChI is InChI=1S/C17H14BrF6NO2/c18-12-4-2-5-13(8-12)25(10-15(26)16(19,20)21)9-11-3-1-6-14(7-11)27-17(22,23)24/h1-8,15,26H,9-10H2. The number of hydrogen-bond acceptors (Lipinski definition) is 3. The van der Waals surface area contributed by atoms with Gasteiger partial charge < -0.3 is 14.7 Å². The number of ether oxygens (including phenoxy) is 1. The minimum atomic E-state index is -4.88. The van der Waals surface area contributed by atoms with Crippen LogP contribution in [0.2, 0.25) is 0 Å². The number of anilines is 1. The van der Waals surface area contributed by atoms with Crippen molar-refractivity contribution < 1.29 is 36.2 Å². The third kappa shape index (κ3) is 6.94. The van der Waals surface area contributed by atoms with Crippen LogP contribution in [-0.4, -0.2) is 30.3 Å². The molecule has 2 aromatic rings. The topological polar surface area (TPSA) is 32.7 Å². The van der Waals surface area contributed by atoms with Crippen molar-refractivity contribution in [3.8, 4) is 5.75 Å². The van der Waals surface area contributed by atoms with Gasteiger partial charge in [0.2, 0.25) is 0 Å². The van der Waals surface area contributed by atoms with Gasteiger partial charge in [-0.1, -0.05) is 34.1 Å². The summed E-state index contributed by atoms with van der Waals surface area (Å²) in [4.78, 5) is 1.22. The predicted octanol–water partition coefficient (Wildman–Crippen LogP) is 5.28. The molecular weight excluding hydrogens is 444 g/mol. The van der Waals surface area contributed by atoms with Crippen molar-refractivity contribution in [2.24, 2.45) is 0 Å². The summed E-state index contributed by atoms with van der Waals surface area (Å²) < 4.78 is 79.8. The van der Waals surface area contributed by atoms with E-state index in [0.29, 0.717) is 10.2 Å². The number of aliphatic hydroxyl groups excluding tert-OH is 1. The van der Waals surface area contributed by atoms with Gasteiger partial charge in [-0.3, -0.25) is 0 Å². The molecule has 0 bridgehead atoms. The van der Waals surface area contributed by atoms with Crippen LogP contribution in [0, 0.1) is 0 Å². The SMILES string of the molecule is OC(CN(Cc1cccc(OC(F)(F)F)c1)c1cccc(Br)c1)C(F)(F)F. The molecule has 0 aliphatic rings. The van der Waals surface area contributed by atoms with Gasteiger partial charge in [0.1, 0.15) is 5.75 Å². The van der Waals surface area contributed by atoms with E-state index in [-0.39, 0.29) is 12.1 Å². The van der Waals surface area contributed by atoms with E-state index in [2.05, 4.69) is 20.7 Å². The normalized spacial score (nSPS) is 13.3. The van der Waals surface area contributed by atoms with Crippen LogP contribution in [0.5, 0.6) is 5.75 Å². The molecule has 3 nitrogen and oxygen atoms in total. The van der Waals surface area contributed by atoms with Crippen LogP contribution in [0.1, 0.15) is 5.56 Å². The Balaban J connectivity index is 2.28. The summed E-state index contributed by atoms with van der Waals surface area (Å²) in [6.45, 7) is -0.955. The molecule has 1 atom stereocenters. The van der Waals surface area contributed by atoms with E-state index in [1.54, 1.807) is 18.2 Å². The second-order valence-electron chi connectivity index (χ2n) is 5.61. The minimum Gasteiger partial charge on any atom is -0.406 e. The number of halogens is 7. The van der Waals surface area contributed by atoms with Crippen LogP contribution in [-0.2, 0) is 6.54 Å². The lowest BCUT2D eigenvalue weighted by Crippen LogP contribution is -2.40. The highest BCUT2D eigenvalue weighted by molar-refractivity contribution is 9.10. The van der Waals surface area contributed by atoms with E-state index in [9.17, 15) is 31.4 Å². The fraction of sp³-hybridized carbons (Fsp3) is 0.294. The van der Waals surface area contributed by atoms with Crippen molar-refractivity contribution in [2.45, 2.75) is 25.2 Å². The molecule has 0 aliphatic heterocycles. The van der Waals surface area contributed by atoms with E-state index in [0.717, 1.165) is 12.1 Å². The third-order valence-electron chi connectivity index (χ3n) is 3.45. The molecule has 0 fully saturated rings. The van der Waals surface area contributed by atoms with Gasteiger partial charge >= 0.3 is 12.5 Å². The smallest absolute Gasteiger partial charge is 0.406 e. The average Bonchev–Trinajstić information content (AvgIpc) is 2.52. The van der Waals surface area contributed by atoms with Crippen LogP contribution in [0.15, 0.2) is 53.0 Å². The zero-order valence-electron chi connectivity index (χ0n) is 13.6. The first-order valence-electron chi connectivity index (χ1n) is 7.54. The summed E-state index contributed by atoms with van der Waals surface area (Å²) in [5, 5.41) is 9.42. The molecule has 148 valence electrons. The number of hydrogen-bond donors (Lipinski definition) is 1. The Morgan fingerprint density at radius 3 is 2.26 bits per heavy atom. The Labute approximate surface area is 159 Å². The van der Waals surface area contributed by atoms with Crippen LogP contribution >= 0.6 is 15.9 Å². The zero-order valence-corrected chi connectivity index (χ0v) is 15.1. The summed E-state index contributed by atoms with van der Waals surface area (Å²) in [7, 11) is 0. The molecule has 0 aromatic heterocycles. The number of rotatable bonds is 6.